The molecule has 0 saturated carbocycles. The summed E-state index contributed by atoms with van der Waals surface area (Å²) in [6, 6.07) is 6.02. The van der Waals surface area contributed by atoms with Gasteiger partial charge in [-0.3, -0.25) is 9.59 Å². The van der Waals surface area contributed by atoms with Gasteiger partial charge in [-0.25, -0.2) is 9.37 Å². The number of hydrogen-bond donors (Lipinski definition) is 0. The van der Waals surface area contributed by atoms with Crippen molar-refractivity contribution in [2.45, 2.75) is 26.7 Å². The van der Waals surface area contributed by atoms with Crippen LogP contribution in [0.25, 0.3) is 5.78 Å². The van der Waals surface area contributed by atoms with E-state index in [0.29, 0.717) is 45.0 Å². The normalized spacial score (nSPS) is 14.1. The maximum Gasteiger partial charge on any atom is 0.306 e. The minimum Gasteiger partial charge on any atom is -0.466 e. The van der Waals surface area contributed by atoms with E-state index in [1.807, 2.05) is 6.92 Å². The van der Waals surface area contributed by atoms with Crippen molar-refractivity contribution in [2.75, 3.05) is 37.7 Å². The van der Waals surface area contributed by atoms with Gasteiger partial charge in [-0.2, -0.15) is 14.6 Å². The molecule has 0 atom stereocenters. The fourth-order valence-electron chi connectivity index (χ4n) is 3.97. The third-order valence-corrected chi connectivity index (χ3v) is 5.56. The number of fused-ring (bicyclic) bond motifs is 1. The van der Waals surface area contributed by atoms with Gasteiger partial charge < -0.3 is 14.5 Å². The largest absolute Gasteiger partial charge is 0.466 e. The van der Waals surface area contributed by atoms with Gasteiger partial charge in [0.15, 0.2) is 0 Å². The number of piperazine rings is 1. The van der Waals surface area contributed by atoms with Crippen LogP contribution in [0, 0.1) is 12.7 Å². The van der Waals surface area contributed by atoms with E-state index in [2.05, 4.69) is 20.0 Å². The number of carbonyl (C=O) groups excluding carboxylic acids is 2. The Morgan fingerprint density at radius 3 is 2.62 bits per heavy atom. The Morgan fingerprint density at radius 1 is 1.16 bits per heavy atom. The van der Waals surface area contributed by atoms with E-state index in [4.69, 9.17) is 4.74 Å². The Bertz CT molecular complexity index is 1140. The fraction of sp³-hybridized carbons (Fsp3) is 0.409. The van der Waals surface area contributed by atoms with Crippen molar-refractivity contribution in [3.8, 4) is 0 Å². The number of aromatic nitrogens is 4. The lowest BCUT2D eigenvalue weighted by atomic mass is 10.1. The summed E-state index contributed by atoms with van der Waals surface area (Å²) in [7, 11) is 0. The highest BCUT2D eigenvalue weighted by Gasteiger charge is 2.28. The summed E-state index contributed by atoms with van der Waals surface area (Å²) in [4.78, 5) is 37.2. The summed E-state index contributed by atoms with van der Waals surface area (Å²) in [5, 5.41) is 4.33. The topological polar surface area (TPSA) is 92.9 Å². The first kappa shape index (κ1) is 21.7. The molecule has 1 saturated heterocycles. The Labute approximate surface area is 184 Å². The van der Waals surface area contributed by atoms with Crippen molar-refractivity contribution >= 4 is 23.5 Å². The molecule has 0 radical (unpaired) electrons. The van der Waals surface area contributed by atoms with Gasteiger partial charge in [0.1, 0.15) is 18.0 Å². The summed E-state index contributed by atoms with van der Waals surface area (Å²) < 4.78 is 20.8. The monoisotopic (exact) mass is 440 g/mol. The molecule has 1 aromatic carbocycles. The third-order valence-electron chi connectivity index (χ3n) is 5.56. The number of ether oxygens (including phenoxy) is 1. The van der Waals surface area contributed by atoms with Crippen molar-refractivity contribution in [1.29, 1.82) is 0 Å². The molecule has 0 aliphatic carbocycles. The molecule has 1 amide bonds. The second kappa shape index (κ2) is 9.29. The zero-order valence-corrected chi connectivity index (χ0v) is 18.1. The predicted octanol–water partition coefficient (Wildman–Crippen LogP) is 2.03. The maximum absolute atomic E-state index is 14.1. The number of amides is 1. The lowest BCUT2D eigenvalue weighted by molar-refractivity contribution is -0.143. The Kier molecular flexibility index (Phi) is 6.29. The minimum absolute atomic E-state index is 0.0782. The Hall–Kier alpha value is -3.56. The molecular formula is C22H25FN6O3. The van der Waals surface area contributed by atoms with Crippen LogP contribution in [0.3, 0.4) is 0 Å². The van der Waals surface area contributed by atoms with Crippen molar-refractivity contribution in [3.05, 3.63) is 53.2 Å². The van der Waals surface area contributed by atoms with E-state index in [1.165, 1.54) is 18.5 Å². The number of nitrogens with zero attached hydrogens (tertiary/aromatic N) is 6. The van der Waals surface area contributed by atoms with Gasteiger partial charge in [0.2, 0.25) is 0 Å². The van der Waals surface area contributed by atoms with Gasteiger partial charge in [0.25, 0.3) is 11.7 Å². The van der Waals surface area contributed by atoms with E-state index in [1.54, 1.807) is 28.5 Å². The first-order chi connectivity index (χ1) is 15.5. The lowest BCUT2D eigenvalue weighted by Gasteiger charge is -2.37. The van der Waals surface area contributed by atoms with Crippen LogP contribution in [0.4, 0.5) is 10.2 Å². The van der Waals surface area contributed by atoms with E-state index < -0.39 is 5.82 Å². The standard InChI is InChI=1S/C22H25FN6O3/c1-3-32-19(30)9-8-16-15(2)26-22-24-14-25-29(22)20(16)27-10-12-28(13-11-27)21(31)17-6-4-5-7-18(17)23/h4-7,14H,3,8-13H2,1-2H3. The molecule has 4 rings (SSSR count). The van der Waals surface area contributed by atoms with Gasteiger partial charge in [-0.15, -0.1) is 0 Å². The van der Waals surface area contributed by atoms with Gasteiger partial charge in [-0.1, -0.05) is 12.1 Å². The summed E-state index contributed by atoms with van der Waals surface area (Å²) >= 11 is 0. The number of halogens is 1. The van der Waals surface area contributed by atoms with E-state index in [0.717, 1.165) is 17.1 Å². The van der Waals surface area contributed by atoms with Crippen LogP contribution in [0.1, 0.15) is 35.0 Å². The molecule has 1 fully saturated rings. The minimum atomic E-state index is -0.518. The van der Waals surface area contributed by atoms with E-state index >= 15 is 0 Å². The number of anilines is 1. The highest BCUT2D eigenvalue weighted by atomic mass is 19.1. The van der Waals surface area contributed by atoms with Crippen molar-refractivity contribution in [1.82, 2.24) is 24.5 Å². The average molecular weight is 440 g/mol. The number of carbonyl (C=O) groups is 2. The third kappa shape index (κ3) is 4.25. The molecule has 168 valence electrons. The number of esters is 1. The van der Waals surface area contributed by atoms with Crippen LogP contribution < -0.4 is 4.90 Å². The zero-order chi connectivity index (χ0) is 22.7. The molecule has 3 aromatic rings. The number of benzene rings is 1. The Balaban J connectivity index is 1.56. The van der Waals surface area contributed by atoms with Crippen LogP contribution in [0.15, 0.2) is 30.6 Å². The molecule has 32 heavy (non-hydrogen) atoms. The van der Waals surface area contributed by atoms with Crippen molar-refractivity contribution < 1.29 is 18.7 Å². The van der Waals surface area contributed by atoms with Crippen molar-refractivity contribution in [2.24, 2.45) is 0 Å². The molecule has 9 nitrogen and oxygen atoms in total. The number of aryl methyl sites for hydroxylation is 1. The smallest absolute Gasteiger partial charge is 0.306 e. The van der Waals surface area contributed by atoms with Crippen LogP contribution >= 0.6 is 0 Å². The predicted molar refractivity (Wildman–Crippen MR) is 115 cm³/mol. The molecule has 0 N–H and O–H groups in total. The summed E-state index contributed by atoms with van der Waals surface area (Å²) in [6.45, 7) is 5.93. The maximum atomic E-state index is 14.1. The quantitative estimate of drug-likeness (QED) is 0.542. The van der Waals surface area contributed by atoms with Crippen LogP contribution in [-0.2, 0) is 16.0 Å². The van der Waals surface area contributed by atoms with E-state index in [9.17, 15) is 14.0 Å². The van der Waals surface area contributed by atoms with Gasteiger partial charge in [0, 0.05) is 43.9 Å². The summed E-state index contributed by atoms with van der Waals surface area (Å²) in [5.74, 6) is 0.184. The fourth-order valence-corrected chi connectivity index (χ4v) is 3.97. The first-order valence-corrected chi connectivity index (χ1v) is 10.6. The molecule has 10 heteroatoms. The average Bonchev–Trinajstić information content (AvgIpc) is 3.25. The molecular weight excluding hydrogens is 415 g/mol. The van der Waals surface area contributed by atoms with Crippen LogP contribution in [-0.4, -0.2) is 69.1 Å². The summed E-state index contributed by atoms with van der Waals surface area (Å²) in [6.07, 6.45) is 2.13. The first-order valence-electron chi connectivity index (χ1n) is 10.6. The molecule has 0 bridgehead atoms. The SMILES string of the molecule is CCOC(=O)CCc1c(C)nc2ncnn2c1N1CCN(C(=O)c2ccccc2F)CC1. The van der Waals surface area contributed by atoms with Crippen molar-refractivity contribution in [3.63, 3.8) is 0 Å². The zero-order valence-electron chi connectivity index (χ0n) is 18.1. The highest BCUT2D eigenvalue weighted by molar-refractivity contribution is 5.94. The molecule has 1 aliphatic rings. The summed E-state index contributed by atoms with van der Waals surface area (Å²) in [5.41, 5.74) is 1.74. The molecule has 0 spiro atoms. The second-order valence-corrected chi connectivity index (χ2v) is 7.54. The van der Waals surface area contributed by atoms with Crippen LogP contribution in [0.2, 0.25) is 0 Å². The lowest BCUT2D eigenvalue weighted by Crippen LogP contribution is -2.49. The number of rotatable bonds is 6. The molecule has 3 heterocycles. The Morgan fingerprint density at radius 2 is 1.91 bits per heavy atom. The highest BCUT2D eigenvalue weighted by Crippen LogP contribution is 2.26. The molecule has 0 unspecified atom stereocenters. The van der Waals surface area contributed by atoms with Crippen LogP contribution in [0.5, 0.6) is 0 Å². The van der Waals surface area contributed by atoms with Gasteiger partial charge in [-0.05, 0) is 32.4 Å². The van der Waals surface area contributed by atoms with E-state index in [-0.39, 0.29) is 23.9 Å². The number of hydrogen-bond acceptors (Lipinski definition) is 7. The van der Waals surface area contributed by atoms with Gasteiger partial charge in [0.05, 0.1) is 12.2 Å². The molecule has 2 aromatic heterocycles. The van der Waals surface area contributed by atoms with Gasteiger partial charge >= 0.3 is 5.97 Å². The molecule has 1 aliphatic heterocycles. The second-order valence-electron chi connectivity index (χ2n) is 7.54.